The van der Waals surface area contributed by atoms with Gasteiger partial charge in [0.15, 0.2) is 6.23 Å². The molecular formula is C22H24F3N3O. The largest absolute Gasteiger partial charge is 0.458 e. The normalized spacial score (nSPS) is 13.8. The molecule has 2 N–H and O–H groups in total. The minimum Gasteiger partial charge on any atom is -0.458 e. The first-order chi connectivity index (χ1) is 13.8. The maximum absolute atomic E-state index is 13.7. The molecule has 0 spiro atoms. The molecule has 0 aliphatic carbocycles. The molecular weight excluding hydrogens is 379 g/mol. The highest BCUT2D eigenvalue weighted by Gasteiger charge is 2.22. The van der Waals surface area contributed by atoms with Gasteiger partial charge in [0, 0.05) is 29.3 Å². The fourth-order valence-electron chi connectivity index (χ4n) is 3.36. The Labute approximate surface area is 167 Å². The summed E-state index contributed by atoms with van der Waals surface area (Å²) in [6, 6.07) is 7.13. The number of fused-ring (bicyclic) bond motifs is 1. The predicted molar refractivity (Wildman–Crippen MR) is 107 cm³/mol. The van der Waals surface area contributed by atoms with E-state index in [1.165, 1.54) is 24.4 Å². The van der Waals surface area contributed by atoms with Crippen LogP contribution in [0.4, 0.5) is 13.2 Å². The SMILES string of the molecule is CC(C)CC(C)[C@@H](N)Oc1ncc(-c2ccnc3ccc(F)cc23)cc1C(F)F. The number of ether oxygens (including phenoxy) is 1. The van der Waals surface area contributed by atoms with E-state index in [0.717, 1.165) is 6.42 Å². The van der Waals surface area contributed by atoms with E-state index in [2.05, 4.69) is 23.8 Å². The van der Waals surface area contributed by atoms with Crippen molar-refractivity contribution in [2.24, 2.45) is 17.6 Å². The van der Waals surface area contributed by atoms with E-state index in [4.69, 9.17) is 10.5 Å². The lowest BCUT2D eigenvalue weighted by Gasteiger charge is -2.23. The first-order valence-electron chi connectivity index (χ1n) is 9.51. The fraction of sp³-hybridized carbons (Fsp3) is 0.364. The van der Waals surface area contributed by atoms with E-state index in [-0.39, 0.29) is 17.4 Å². The molecule has 0 aliphatic rings. The van der Waals surface area contributed by atoms with Crippen LogP contribution < -0.4 is 10.5 Å². The average molecular weight is 403 g/mol. The van der Waals surface area contributed by atoms with Gasteiger partial charge in [-0.2, -0.15) is 0 Å². The number of nitrogens with two attached hydrogens (primary N) is 1. The Morgan fingerprint density at radius 2 is 1.83 bits per heavy atom. The Kier molecular flexibility index (Phi) is 6.37. The molecule has 29 heavy (non-hydrogen) atoms. The molecule has 154 valence electrons. The molecule has 1 aromatic carbocycles. The van der Waals surface area contributed by atoms with Gasteiger partial charge < -0.3 is 4.74 Å². The predicted octanol–water partition coefficient (Wildman–Crippen LogP) is 5.72. The summed E-state index contributed by atoms with van der Waals surface area (Å²) < 4.78 is 46.8. The molecule has 3 rings (SSSR count). The van der Waals surface area contributed by atoms with Crippen molar-refractivity contribution in [2.45, 2.75) is 39.8 Å². The van der Waals surface area contributed by atoms with E-state index < -0.39 is 18.5 Å². The van der Waals surface area contributed by atoms with Crippen LogP contribution in [0.3, 0.4) is 0 Å². The minimum absolute atomic E-state index is 0.0193. The smallest absolute Gasteiger partial charge is 0.269 e. The van der Waals surface area contributed by atoms with Gasteiger partial charge in [0.2, 0.25) is 5.88 Å². The summed E-state index contributed by atoms with van der Waals surface area (Å²) in [5.74, 6) is -0.228. The second kappa shape index (κ2) is 8.78. The monoisotopic (exact) mass is 403 g/mol. The Balaban J connectivity index is 1.98. The van der Waals surface area contributed by atoms with Gasteiger partial charge >= 0.3 is 0 Å². The average Bonchev–Trinajstić information content (AvgIpc) is 2.67. The van der Waals surface area contributed by atoms with Crippen LogP contribution in [0.2, 0.25) is 0 Å². The highest BCUT2D eigenvalue weighted by atomic mass is 19.3. The molecule has 1 unspecified atom stereocenters. The van der Waals surface area contributed by atoms with Crippen LogP contribution in [0.1, 0.15) is 39.2 Å². The third-order valence-electron chi connectivity index (χ3n) is 4.78. The van der Waals surface area contributed by atoms with Gasteiger partial charge in [0.05, 0.1) is 11.1 Å². The number of hydrogen-bond donors (Lipinski definition) is 1. The number of benzene rings is 1. The summed E-state index contributed by atoms with van der Waals surface area (Å²) in [4.78, 5) is 8.30. The number of aromatic nitrogens is 2. The van der Waals surface area contributed by atoms with Crippen LogP contribution in [0.25, 0.3) is 22.0 Å². The van der Waals surface area contributed by atoms with E-state index in [9.17, 15) is 13.2 Å². The Morgan fingerprint density at radius 3 is 2.52 bits per heavy atom. The molecule has 0 bridgehead atoms. The summed E-state index contributed by atoms with van der Waals surface area (Å²) in [5.41, 5.74) is 7.25. The second-order valence-corrected chi connectivity index (χ2v) is 7.63. The van der Waals surface area contributed by atoms with Crippen molar-refractivity contribution in [3.8, 4) is 17.0 Å². The van der Waals surface area contributed by atoms with E-state index >= 15 is 0 Å². The van der Waals surface area contributed by atoms with Crippen LogP contribution in [0, 0.1) is 17.7 Å². The van der Waals surface area contributed by atoms with Gasteiger partial charge in [0.1, 0.15) is 5.82 Å². The van der Waals surface area contributed by atoms with E-state index in [1.54, 1.807) is 18.3 Å². The molecule has 0 aliphatic heterocycles. The first kappa shape index (κ1) is 21.0. The van der Waals surface area contributed by atoms with Crippen molar-refractivity contribution in [1.29, 1.82) is 0 Å². The van der Waals surface area contributed by atoms with Crippen molar-refractivity contribution in [1.82, 2.24) is 9.97 Å². The van der Waals surface area contributed by atoms with Gasteiger partial charge in [-0.15, -0.1) is 0 Å². The molecule has 0 amide bonds. The summed E-state index contributed by atoms with van der Waals surface area (Å²) >= 11 is 0. The Hall–Kier alpha value is -2.67. The van der Waals surface area contributed by atoms with Gasteiger partial charge in [-0.1, -0.05) is 20.8 Å². The zero-order chi connectivity index (χ0) is 21.1. The lowest BCUT2D eigenvalue weighted by Crippen LogP contribution is -2.35. The number of halogens is 3. The van der Waals surface area contributed by atoms with Gasteiger partial charge in [-0.05, 0) is 48.2 Å². The maximum Gasteiger partial charge on any atom is 0.269 e. The lowest BCUT2D eigenvalue weighted by molar-refractivity contribution is 0.109. The fourth-order valence-corrected chi connectivity index (χ4v) is 3.36. The standard InChI is InChI=1S/C22H24F3N3O/c1-12(2)8-13(3)21(26)29-22-18(20(24)25)9-14(11-28-22)16-6-7-27-19-5-4-15(23)10-17(16)19/h4-7,9-13,20-21H,8,26H2,1-3H3/t13?,21-/m0/s1. The zero-order valence-electron chi connectivity index (χ0n) is 16.6. The topological polar surface area (TPSA) is 61.0 Å². The van der Waals surface area contributed by atoms with Crippen LogP contribution in [-0.2, 0) is 0 Å². The summed E-state index contributed by atoms with van der Waals surface area (Å²) in [5, 5.41) is 0.519. The second-order valence-electron chi connectivity index (χ2n) is 7.63. The molecule has 7 heteroatoms. The highest BCUT2D eigenvalue weighted by Crippen LogP contribution is 2.34. The van der Waals surface area contributed by atoms with Gasteiger partial charge in [-0.3, -0.25) is 10.7 Å². The van der Waals surface area contributed by atoms with Crippen LogP contribution in [0.5, 0.6) is 5.88 Å². The summed E-state index contributed by atoms with van der Waals surface area (Å²) in [6.45, 7) is 6.03. The molecule has 2 aromatic heterocycles. The molecule has 0 saturated carbocycles. The number of pyridine rings is 2. The number of hydrogen-bond acceptors (Lipinski definition) is 4. The van der Waals surface area contributed by atoms with Gasteiger partial charge in [-0.25, -0.2) is 18.2 Å². The third kappa shape index (κ3) is 4.85. The molecule has 2 atom stereocenters. The molecule has 0 radical (unpaired) electrons. The van der Waals surface area contributed by atoms with Crippen LogP contribution in [-0.4, -0.2) is 16.2 Å². The Bertz CT molecular complexity index is 994. The van der Waals surface area contributed by atoms with Crippen LogP contribution in [0.15, 0.2) is 42.7 Å². The zero-order valence-corrected chi connectivity index (χ0v) is 16.6. The lowest BCUT2D eigenvalue weighted by atomic mass is 9.97. The number of alkyl halides is 2. The van der Waals surface area contributed by atoms with Crippen molar-refractivity contribution in [3.05, 3.63) is 54.1 Å². The van der Waals surface area contributed by atoms with Crippen molar-refractivity contribution < 1.29 is 17.9 Å². The highest BCUT2D eigenvalue weighted by molar-refractivity contribution is 5.94. The van der Waals surface area contributed by atoms with Crippen LogP contribution >= 0.6 is 0 Å². The Morgan fingerprint density at radius 1 is 1.07 bits per heavy atom. The molecule has 0 fully saturated rings. The van der Waals surface area contributed by atoms with Crippen molar-refractivity contribution >= 4 is 10.9 Å². The summed E-state index contributed by atoms with van der Waals surface area (Å²) in [6.07, 6.45) is 0.239. The molecule has 4 nitrogen and oxygen atoms in total. The van der Waals surface area contributed by atoms with Crippen molar-refractivity contribution in [3.63, 3.8) is 0 Å². The maximum atomic E-state index is 13.7. The van der Waals surface area contributed by atoms with Crippen molar-refractivity contribution in [2.75, 3.05) is 0 Å². The summed E-state index contributed by atoms with van der Waals surface area (Å²) in [7, 11) is 0. The van der Waals surface area contributed by atoms with Gasteiger partial charge in [0.25, 0.3) is 6.43 Å². The third-order valence-corrected chi connectivity index (χ3v) is 4.78. The molecule has 0 saturated heterocycles. The quantitative estimate of drug-likeness (QED) is 0.513. The van der Waals surface area contributed by atoms with E-state index in [1.807, 2.05) is 6.92 Å². The number of nitrogens with zero attached hydrogens (tertiary/aromatic N) is 2. The molecule has 2 heterocycles. The molecule has 3 aromatic rings. The first-order valence-corrected chi connectivity index (χ1v) is 9.51. The minimum atomic E-state index is -2.80. The van der Waals surface area contributed by atoms with E-state index in [0.29, 0.717) is 27.9 Å². The number of rotatable bonds is 7.